The van der Waals surface area contributed by atoms with Gasteiger partial charge >= 0.3 is 0 Å². The number of aromatic amines is 1. The lowest BCUT2D eigenvalue weighted by Gasteiger charge is -2.17. The van der Waals surface area contributed by atoms with Crippen molar-refractivity contribution in [1.82, 2.24) is 14.3 Å². The van der Waals surface area contributed by atoms with Gasteiger partial charge in [-0.3, -0.25) is 9.59 Å². The van der Waals surface area contributed by atoms with Gasteiger partial charge in [-0.25, -0.2) is 12.4 Å². The minimum atomic E-state index is -3.66. The van der Waals surface area contributed by atoms with Gasteiger partial charge in [0.05, 0.1) is 10.3 Å². The predicted molar refractivity (Wildman–Crippen MR) is 128 cm³/mol. The zero-order valence-electron chi connectivity index (χ0n) is 17.9. The maximum atomic E-state index is 13.3. The molecule has 1 aliphatic carbocycles. The molecule has 1 amide bonds. The van der Waals surface area contributed by atoms with E-state index in [4.69, 9.17) is 0 Å². The summed E-state index contributed by atoms with van der Waals surface area (Å²) in [4.78, 5) is 28.0. The number of pyridine rings is 1. The van der Waals surface area contributed by atoms with Crippen molar-refractivity contribution in [3.8, 4) is 0 Å². The normalized spacial score (nSPS) is 15.0. The molecule has 0 spiro atoms. The highest BCUT2D eigenvalue weighted by molar-refractivity contribution is 9.10. The molecule has 0 bridgehead atoms. The third-order valence-electron chi connectivity index (χ3n) is 6.03. The second kappa shape index (κ2) is 8.04. The number of benzene rings is 1. The number of nitrogens with one attached hydrogen (secondary N) is 2. The first-order chi connectivity index (χ1) is 15.1. The summed E-state index contributed by atoms with van der Waals surface area (Å²) in [5.41, 5.74) is 2.55. The van der Waals surface area contributed by atoms with Gasteiger partial charge in [0.2, 0.25) is 10.0 Å². The van der Waals surface area contributed by atoms with Gasteiger partial charge < -0.3 is 10.3 Å². The molecule has 0 atom stereocenters. The average Bonchev–Trinajstić information content (AvgIpc) is 3.38. The summed E-state index contributed by atoms with van der Waals surface area (Å²) in [5, 5.41) is 3.32. The number of hydrogen-bond acceptors (Lipinski definition) is 4. The Kier molecular flexibility index (Phi) is 5.67. The van der Waals surface area contributed by atoms with E-state index in [0.717, 1.165) is 11.3 Å². The molecule has 0 saturated heterocycles. The number of hydrogen-bond donors (Lipinski definition) is 2. The van der Waals surface area contributed by atoms with Gasteiger partial charge in [-0.1, -0.05) is 22.0 Å². The third kappa shape index (κ3) is 3.73. The van der Waals surface area contributed by atoms with Crippen LogP contribution in [-0.2, 0) is 16.6 Å². The number of halogens is 1. The molecule has 1 saturated carbocycles. The van der Waals surface area contributed by atoms with Crippen molar-refractivity contribution in [2.24, 2.45) is 0 Å². The highest BCUT2D eigenvalue weighted by Gasteiger charge is 2.54. The highest BCUT2D eigenvalue weighted by Crippen LogP contribution is 2.48. The monoisotopic (exact) mass is 517 g/mol. The fourth-order valence-corrected chi connectivity index (χ4v) is 6.57. The van der Waals surface area contributed by atoms with Crippen LogP contribution in [0.3, 0.4) is 0 Å². The van der Waals surface area contributed by atoms with Gasteiger partial charge in [0.1, 0.15) is 0 Å². The van der Waals surface area contributed by atoms with Crippen molar-refractivity contribution < 1.29 is 13.2 Å². The standard InChI is InChI=1S/C23H24BrN3O4S/c1-4-6-23(7-8-23)32(30,31)27-9-5-17-18(11-16(24)12-20(17)27)21(28)25-13-19-14(2)10-15(3)26-22(19)29/h4-5,9-12H,1,6-8,13H2,2-3H3,(H,25,28)(H,26,29). The third-order valence-corrected chi connectivity index (χ3v) is 8.99. The Labute approximate surface area is 194 Å². The lowest BCUT2D eigenvalue weighted by molar-refractivity contribution is 0.0952. The molecular formula is C23H24BrN3O4S. The van der Waals surface area contributed by atoms with E-state index in [2.05, 4.69) is 32.8 Å². The zero-order chi connectivity index (χ0) is 23.3. The Morgan fingerprint density at radius 1 is 1.31 bits per heavy atom. The number of H-pyrrole nitrogens is 1. The first-order valence-corrected chi connectivity index (χ1v) is 12.5. The van der Waals surface area contributed by atoms with Crippen LogP contribution in [-0.4, -0.2) is 28.0 Å². The molecule has 2 aromatic heterocycles. The van der Waals surface area contributed by atoms with Crippen LogP contribution in [0.15, 0.2) is 52.4 Å². The molecular weight excluding hydrogens is 494 g/mol. The van der Waals surface area contributed by atoms with E-state index in [1.165, 1.54) is 10.2 Å². The summed E-state index contributed by atoms with van der Waals surface area (Å²) in [6.07, 6.45) is 4.71. The highest BCUT2D eigenvalue weighted by atomic mass is 79.9. The van der Waals surface area contributed by atoms with Crippen LogP contribution in [0.4, 0.5) is 0 Å². The number of aryl methyl sites for hydroxylation is 2. The van der Waals surface area contributed by atoms with Crippen LogP contribution in [0.25, 0.3) is 10.9 Å². The van der Waals surface area contributed by atoms with Crippen molar-refractivity contribution in [2.45, 2.75) is 44.4 Å². The molecule has 4 rings (SSSR count). The number of aromatic nitrogens is 2. The Balaban J connectivity index is 1.70. The second-order valence-electron chi connectivity index (χ2n) is 8.30. The van der Waals surface area contributed by atoms with Crippen LogP contribution < -0.4 is 10.9 Å². The molecule has 1 fully saturated rings. The van der Waals surface area contributed by atoms with E-state index in [1.807, 2.05) is 13.0 Å². The molecule has 0 radical (unpaired) electrons. The van der Waals surface area contributed by atoms with E-state index in [9.17, 15) is 18.0 Å². The molecule has 9 heteroatoms. The van der Waals surface area contributed by atoms with E-state index in [0.29, 0.717) is 45.8 Å². The number of allylic oxidation sites excluding steroid dienone is 1. The topological polar surface area (TPSA) is 101 Å². The molecule has 2 heterocycles. The summed E-state index contributed by atoms with van der Waals surface area (Å²) < 4.78 is 27.7. The smallest absolute Gasteiger partial charge is 0.253 e. The lowest BCUT2D eigenvalue weighted by Crippen LogP contribution is -2.29. The second-order valence-corrected chi connectivity index (χ2v) is 11.4. The predicted octanol–water partition coefficient (Wildman–Crippen LogP) is 3.93. The number of nitrogens with zero attached hydrogens (tertiary/aromatic N) is 1. The Hall–Kier alpha value is -2.65. The molecule has 1 aliphatic rings. The minimum Gasteiger partial charge on any atom is -0.348 e. The Morgan fingerprint density at radius 2 is 2.03 bits per heavy atom. The fourth-order valence-electron chi connectivity index (χ4n) is 4.12. The number of fused-ring (bicyclic) bond motifs is 1. The number of rotatable bonds is 7. The quantitative estimate of drug-likeness (QED) is 0.463. The molecule has 7 nitrogen and oxygen atoms in total. The Morgan fingerprint density at radius 3 is 2.66 bits per heavy atom. The number of carbonyl (C=O) groups excluding carboxylic acids is 1. The van der Waals surface area contributed by atoms with Crippen LogP contribution in [0.5, 0.6) is 0 Å². The van der Waals surface area contributed by atoms with Crippen molar-refractivity contribution >= 4 is 42.8 Å². The van der Waals surface area contributed by atoms with Crippen molar-refractivity contribution in [3.05, 3.63) is 80.3 Å². The van der Waals surface area contributed by atoms with Gasteiger partial charge in [-0.2, -0.15) is 0 Å². The van der Waals surface area contributed by atoms with E-state index >= 15 is 0 Å². The summed E-state index contributed by atoms with van der Waals surface area (Å²) in [5.74, 6) is -0.391. The Bertz CT molecular complexity index is 1410. The van der Waals surface area contributed by atoms with Gasteiger partial charge in [-0.15, -0.1) is 6.58 Å². The van der Waals surface area contributed by atoms with Crippen LogP contribution in [0.1, 0.15) is 46.4 Å². The molecule has 168 valence electrons. The SMILES string of the molecule is C=CCC1(S(=O)(=O)n2ccc3c(C(=O)NCc4c(C)cc(C)[nH]c4=O)cc(Br)cc32)CC1. The molecule has 1 aromatic carbocycles. The first kappa shape index (κ1) is 22.5. The zero-order valence-corrected chi connectivity index (χ0v) is 20.3. The summed E-state index contributed by atoms with van der Waals surface area (Å²) in [6.45, 7) is 7.39. The maximum Gasteiger partial charge on any atom is 0.253 e. The molecule has 0 aliphatic heterocycles. The molecule has 3 aromatic rings. The largest absolute Gasteiger partial charge is 0.348 e. The van der Waals surface area contributed by atoms with E-state index in [-0.39, 0.29) is 12.1 Å². The summed E-state index contributed by atoms with van der Waals surface area (Å²) >= 11 is 3.40. The van der Waals surface area contributed by atoms with E-state index in [1.54, 1.807) is 31.2 Å². The fraction of sp³-hybridized carbons (Fsp3) is 0.304. The van der Waals surface area contributed by atoms with Gasteiger partial charge in [0.25, 0.3) is 11.5 Å². The lowest BCUT2D eigenvalue weighted by atomic mass is 10.1. The molecule has 32 heavy (non-hydrogen) atoms. The first-order valence-electron chi connectivity index (χ1n) is 10.2. The summed E-state index contributed by atoms with van der Waals surface area (Å²) in [7, 11) is -3.66. The van der Waals surface area contributed by atoms with Crippen molar-refractivity contribution in [2.75, 3.05) is 0 Å². The maximum absolute atomic E-state index is 13.3. The van der Waals surface area contributed by atoms with Crippen LogP contribution in [0, 0.1) is 13.8 Å². The molecule has 2 N–H and O–H groups in total. The number of carbonyl (C=O) groups is 1. The summed E-state index contributed by atoms with van der Waals surface area (Å²) in [6, 6.07) is 6.84. The van der Waals surface area contributed by atoms with Crippen LogP contribution in [0.2, 0.25) is 0 Å². The van der Waals surface area contributed by atoms with Crippen LogP contribution >= 0.6 is 15.9 Å². The van der Waals surface area contributed by atoms with Gasteiger partial charge in [-0.05, 0) is 62.9 Å². The van der Waals surface area contributed by atoms with Crippen molar-refractivity contribution in [3.63, 3.8) is 0 Å². The van der Waals surface area contributed by atoms with E-state index < -0.39 is 20.7 Å². The van der Waals surface area contributed by atoms with Gasteiger partial charge in [0, 0.05) is 39.4 Å². The molecule has 0 unspecified atom stereocenters. The average molecular weight is 518 g/mol. The minimum absolute atomic E-state index is 0.0652. The van der Waals surface area contributed by atoms with Crippen molar-refractivity contribution in [1.29, 1.82) is 0 Å². The van der Waals surface area contributed by atoms with Gasteiger partial charge in [0.15, 0.2) is 0 Å². The number of amides is 1.